The fourth-order valence-corrected chi connectivity index (χ4v) is 3.55. The zero-order valence-corrected chi connectivity index (χ0v) is 12.5. The van der Waals surface area contributed by atoms with E-state index in [1.54, 1.807) is 7.11 Å². The number of methoxy groups -OCH3 is 1. The van der Waals surface area contributed by atoms with Gasteiger partial charge >= 0.3 is 0 Å². The van der Waals surface area contributed by atoms with Crippen LogP contribution in [-0.4, -0.2) is 49.3 Å². The smallest absolute Gasteiger partial charge is 0.223 e. The predicted molar refractivity (Wildman–Crippen MR) is 80.0 cm³/mol. The highest BCUT2D eigenvalue weighted by molar-refractivity contribution is 5.77. The van der Waals surface area contributed by atoms with Gasteiger partial charge in [-0.1, -0.05) is 30.3 Å². The number of rotatable bonds is 4. The first-order valence-electron chi connectivity index (χ1n) is 7.77. The van der Waals surface area contributed by atoms with Crippen molar-refractivity contribution in [2.75, 3.05) is 20.3 Å². The number of benzene rings is 1. The number of carbonyl (C=O) groups excluding carboxylic acids is 1. The lowest BCUT2D eigenvalue weighted by molar-refractivity contribution is -0.135. The highest BCUT2D eigenvalue weighted by Crippen LogP contribution is 2.32. The zero-order chi connectivity index (χ0) is 14.7. The summed E-state index contributed by atoms with van der Waals surface area (Å²) in [4.78, 5) is 14.6. The van der Waals surface area contributed by atoms with E-state index in [0.29, 0.717) is 19.6 Å². The van der Waals surface area contributed by atoms with Crippen LogP contribution in [0.5, 0.6) is 0 Å². The number of carbonyl (C=O) groups is 1. The number of aryl methyl sites for hydroxylation is 1. The molecule has 2 aliphatic rings. The highest BCUT2D eigenvalue weighted by atomic mass is 16.5. The molecule has 114 valence electrons. The van der Waals surface area contributed by atoms with Crippen molar-refractivity contribution in [3.63, 3.8) is 0 Å². The molecule has 1 heterocycles. The molecule has 0 N–H and O–H groups in total. The lowest BCUT2D eigenvalue weighted by Crippen LogP contribution is -2.46. The summed E-state index contributed by atoms with van der Waals surface area (Å²) in [6.45, 7) is 1.31. The first-order chi connectivity index (χ1) is 10.3. The standard InChI is InChI=1S/C17H23NO3/c1-20-17-14-8-9-15(17)21-12-11-18(14)16(19)10-7-13-5-3-2-4-6-13/h2-6,14-15,17H,7-12H2,1H3/t14-,15-,17-/m1/s1. The minimum atomic E-state index is 0.0353. The lowest BCUT2D eigenvalue weighted by atomic mass is 10.1. The van der Waals surface area contributed by atoms with Gasteiger partial charge in [0.1, 0.15) is 6.10 Å². The topological polar surface area (TPSA) is 38.8 Å². The summed E-state index contributed by atoms with van der Waals surface area (Å²) in [5.41, 5.74) is 1.21. The van der Waals surface area contributed by atoms with E-state index in [1.807, 2.05) is 23.1 Å². The Balaban J connectivity index is 1.63. The Morgan fingerprint density at radius 2 is 2.14 bits per heavy atom. The Kier molecular flexibility index (Phi) is 4.56. The molecule has 0 unspecified atom stereocenters. The van der Waals surface area contributed by atoms with Crippen molar-refractivity contribution in [3.05, 3.63) is 35.9 Å². The lowest BCUT2D eigenvalue weighted by Gasteiger charge is -2.30. The van der Waals surface area contributed by atoms with Gasteiger partial charge in [-0.15, -0.1) is 0 Å². The van der Waals surface area contributed by atoms with Crippen LogP contribution in [0, 0.1) is 0 Å². The summed E-state index contributed by atoms with van der Waals surface area (Å²) < 4.78 is 11.4. The van der Waals surface area contributed by atoms with Crippen molar-refractivity contribution in [1.29, 1.82) is 0 Å². The van der Waals surface area contributed by atoms with Gasteiger partial charge in [0.2, 0.25) is 5.91 Å². The third kappa shape index (κ3) is 3.11. The molecule has 1 saturated heterocycles. The molecule has 21 heavy (non-hydrogen) atoms. The van der Waals surface area contributed by atoms with Gasteiger partial charge < -0.3 is 14.4 Å². The Morgan fingerprint density at radius 3 is 2.90 bits per heavy atom. The van der Waals surface area contributed by atoms with Crippen molar-refractivity contribution in [2.24, 2.45) is 0 Å². The maximum Gasteiger partial charge on any atom is 0.223 e. The number of amides is 1. The van der Waals surface area contributed by atoms with E-state index in [9.17, 15) is 4.79 Å². The van der Waals surface area contributed by atoms with Crippen LogP contribution in [0.15, 0.2) is 30.3 Å². The van der Waals surface area contributed by atoms with Gasteiger partial charge in [-0.3, -0.25) is 4.79 Å². The molecule has 1 aliphatic carbocycles. The molecule has 1 aromatic rings. The van der Waals surface area contributed by atoms with Gasteiger partial charge in [-0.05, 0) is 24.8 Å². The van der Waals surface area contributed by atoms with Crippen molar-refractivity contribution >= 4 is 5.91 Å². The quantitative estimate of drug-likeness (QED) is 0.851. The molecule has 1 saturated carbocycles. The average Bonchev–Trinajstić information content (AvgIpc) is 2.81. The van der Waals surface area contributed by atoms with E-state index in [0.717, 1.165) is 19.3 Å². The number of fused-ring (bicyclic) bond motifs is 2. The van der Waals surface area contributed by atoms with Crippen molar-refractivity contribution in [1.82, 2.24) is 4.90 Å². The average molecular weight is 289 g/mol. The summed E-state index contributed by atoms with van der Waals surface area (Å²) in [7, 11) is 1.72. The van der Waals surface area contributed by atoms with Gasteiger partial charge in [0, 0.05) is 20.1 Å². The Hall–Kier alpha value is -1.39. The fraction of sp³-hybridized carbons (Fsp3) is 0.588. The van der Waals surface area contributed by atoms with E-state index in [1.165, 1.54) is 5.56 Å². The van der Waals surface area contributed by atoms with Crippen LogP contribution in [0.25, 0.3) is 0 Å². The molecule has 0 aromatic heterocycles. The largest absolute Gasteiger partial charge is 0.377 e. The van der Waals surface area contributed by atoms with Gasteiger partial charge in [0.25, 0.3) is 0 Å². The molecular weight excluding hydrogens is 266 g/mol. The summed E-state index contributed by atoms with van der Waals surface area (Å²) >= 11 is 0. The number of hydrogen-bond donors (Lipinski definition) is 0. The molecule has 2 bridgehead atoms. The van der Waals surface area contributed by atoms with E-state index in [2.05, 4.69) is 12.1 Å². The molecular formula is C17H23NO3. The maximum atomic E-state index is 12.6. The normalized spacial score (nSPS) is 28.4. The van der Waals surface area contributed by atoms with Crippen LogP contribution >= 0.6 is 0 Å². The minimum Gasteiger partial charge on any atom is -0.377 e. The van der Waals surface area contributed by atoms with E-state index >= 15 is 0 Å². The Labute approximate surface area is 126 Å². The molecule has 3 atom stereocenters. The van der Waals surface area contributed by atoms with Crippen molar-refractivity contribution in [3.8, 4) is 0 Å². The van der Waals surface area contributed by atoms with Gasteiger partial charge in [-0.2, -0.15) is 0 Å². The molecule has 1 amide bonds. The van der Waals surface area contributed by atoms with Crippen LogP contribution in [-0.2, 0) is 20.7 Å². The fourth-order valence-electron chi connectivity index (χ4n) is 3.55. The summed E-state index contributed by atoms with van der Waals surface area (Å²) in [6, 6.07) is 10.4. The Bertz CT molecular complexity index is 476. The summed E-state index contributed by atoms with van der Waals surface area (Å²) in [6.07, 6.45) is 3.53. The van der Waals surface area contributed by atoms with E-state index in [4.69, 9.17) is 9.47 Å². The van der Waals surface area contributed by atoms with Crippen LogP contribution in [0.3, 0.4) is 0 Å². The van der Waals surface area contributed by atoms with Gasteiger partial charge in [0.15, 0.2) is 0 Å². The molecule has 0 radical (unpaired) electrons. The molecule has 2 fully saturated rings. The monoisotopic (exact) mass is 289 g/mol. The molecule has 1 aliphatic heterocycles. The molecule has 4 nitrogen and oxygen atoms in total. The second-order valence-corrected chi connectivity index (χ2v) is 5.83. The first-order valence-corrected chi connectivity index (χ1v) is 7.77. The number of ether oxygens (including phenoxy) is 2. The van der Waals surface area contributed by atoms with Crippen LogP contribution in [0.2, 0.25) is 0 Å². The first kappa shape index (κ1) is 14.5. The molecule has 3 rings (SSSR count). The second kappa shape index (κ2) is 6.58. The molecule has 4 heteroatoms. The summed E-state index contributed by atoms with van der Waals surface area (Å²) in [5, 5.41) is 0. The SMILES string of the molecule is CO[C@@H]1[C@H]2CC[C@H]1OCCN2C(=O)CCc1ccccc1. The van der Waals surface area contributed by atoms with Crippen molar-refractivity contribution < 1.29 is 14.3 Å². The predicted octanol–water partition coefficient (Wildman–Crippen LogP) is 2.02. The van der Waals surface area contributed by atoms with Crippen molar-refractivity contribution in [2.45, 2.75) is 43.9 Å². The van der Waals surface area contributed by atoms with E-state index < -0.39 is 0 Å². The third-order valence-electron chi connectivity index (χ3n) is 4.62. The summed E-state index contributed by atoms with van der Waals surface area (Å²) in [5.74, 6) is 0.219. The number of hydrogen-bond acceptors (Lipinski definition) is 3. The number of nitrogens with zero attached hydrogens (tertiary/aromatic N) is 1. The minimum absolute atomic E-state index is 0.0353. The van der Waals surface area contributed by atoms with Gasteiger partial charge in [0.05, 0.1) is 18.8 Å². The van der Waals surface area contributed by atoms with Gasteiger partial charge in [-0.25, -0.2) is 0 Å². The molecule has 1 aromatic carbocycles. The maximum absolute atomic E-state index is 12.6. The van der Waals surface area contributed by atoms with Crippen LogP contribution in [0.4, 0.5) is 0 Å². The molecule has 0 spiro atoms. The zero-order valence-electron chi connectivity index (χ0n) is 12.5. The van der Waals surface area contributed by atoms with Crippen LogP contribution < -0.4 is 0 Å². The Morgan fingerprint density at radius 1 is 1.33 bits per heavy atom. The van der Waals surface area contributed by atoms with Crippen LogP contribution in [0.1, 0.15) is 24.8 Å². The van der Waals surface area contributed by atoms with E-state index in [-0.39, 0.29) is 24.2 Å². The third-order valence-corrected chi connectivity index (χ3v) is 4.62. The second-order valence-electron chi connectivity index (χ2n) is 5.83. The highest BCUT2D eigenvalue weighted by Gasteiger charge is 2.43.